The SMILES string of the molecule is CC[C@H](C)c1ccc(S(=O)(=O)N2CCc3nc(-c4ccccc4)ncc3C2)cc1. The minimum Gasteiger partial charge on any atom is -0.236 e. The van der Waals surface area contributed by atoms with E-state index in [1.807, 2.05) is 42.5 Å². The summed E-state index contributed by atoms with van der Waals surface area (Å²) in [6, 6.07) is 17.1. The summed E-state index contributed by atoms with van der Waals surface area (Å²) in [7, 11) is -3.54. The third-order valence-corrected chi connectivity index (χ3v) is 7.49. The van der Waals surface area contributed by atoms with Gasteiger partial charge in [-0.05, 0) is 30.0 Å². The molecule has 0 saturated carbocycles. The predicted molar refractivity (Wildman–Crippen MR) is 114 cm³/mol. The number of hydrogen-bond donors (Lipinski definition) is 0. The van der Waals surface area contributed by atoms with Crippen molar-refractivity contribution in [1.82, 2.24) is 14.3 Å². The van der Waals surface area contributed by atoms with Crippen LogP contribution in [0.4, 0.5) is 0 Å². The van der Waals surface area contributed by atoms with E-state index < -0.39 is 10.0 Å². The van der Waals surface area contributed by atoms with Gasteiger partial charge in [0.2, 0.25) is 10.0 Å². The number of aromatic nitrogens is 2. The molecule has 0 aliphatic carbocycles. The largest absolute Gasteiger partial charge is 0.243 e. The van der Waals surface area contributed by atoms with Gasteiger partial charge in [0.1, 0.15) is 0 Å². The topological polar surface area (TPSA) is 63.2 Å². The molecule has 0 bridgehead atoms. The Labute approximate surface area is 172 Å². The van der Waals surface area contributed by atoms with Crippen LogP contribution in [0.25, 0.3) is 11.4 Å². The number of fused-ring (bicyclic) bond motifs is 1. The number of nitrogens with zero attached hydrogens (tertiary/aromatic N) is 3. The molecule has 0 spiro atoms. The molecule has 0 amide bonds. The van der Waals surface area contributed by atoms with E-state index in [0.29, 0.717) is 36.1 Å². The van der Waals surface area contributed by atoms with E-state index in [4.69, 9.17) is 0 Å². The average molecular weight is 408 g/mol. The molecule has 1 aliphatic heterocycles. The first-order valence-electron chi connectivity index (χ1n) is 9.99. The predicted octanol–water partition coefficient (Wildman–Crippen LogP) is 4.40. The van der Waals surface area contributed by atoms with Crippen LogP contribution >= 0.6 is 0 Å². The first kappa shape index (κ1) is 19.7. The molecular weight excluding hydrogens is 382 g/mol. The molecule has 0 saturated heterocycles. The number of sulfonamides is 1. The molecular formula is C23H25N3O2S. The molecule has 2 heterocycles. The normalized spacial score (nSPS) is 15.7. The molecule has 150 valence electrons. The first-order chi connectivity index (χ1) is 14.0. The molecule has 5 nitrogen and oxygen atoms in total. The Hall–Kier alpha value is -2.57. The molecule has 1 aromatic heterocycles. The summed E-state index contributed by atoms with van der Waals surface area (Å²) < 4.78 is 27.8. The van der Waals surface area contributed by atoms with E-state index in [1.54, 1.807) is 18.3 Å². The second kappa shape index (κ2) is 8.05. The highest BCUT2D eigenvalue weighted by Crippen LogP contribution is 2.27. The molecule has 3 aromatic rings. The van der Waals surface area contributed by atoms with Gasteiger partial charge in [0, 0.05) is 36.8 Å². The zero-order valence-electron chi connectivity index (χ0n) is 16.7. The van der Waals surface area contributed by atoms with Gasteiger partial charge in [0.15, 0.2) is 5.82 Å². The summed E-state index contributed by atoms with van der Waals surface area (Å²) in [5.41, 5.74) is 3.93. The van der Waals surface area contributed by atoms with Crippen molar-refractivity contribution in [2.75, 3.05) is 6.54 Å². The van der Waals surface area contributed by atoms with Gasteiger partial charge < -0.3 is 0 Å². The lowest BCUT2D eigenvalue weighted by molar-refractivity contribution is 0.387. The lowest BCUT2D eigenvalue weighted by atomic mass is 9.99. The molecule has 1 atom stereocenters. The van der Waals surface area contributed by atoms with Gasteiger partial charge in [-0.25, -0.2) is 18.4 Å². The summed E-state index contributed by atoms with van der Waals surface area (Å²) >= 11 is 0. The second-order valence-corrected chi connectivity index (χ2v) is 9.44. The second-order valence-electron chi connectivity index (χ2n) is 7.50. The zero-order valence-corrected chi connectivity index (χ0v) is 17.6. The molecule has 0 fully saturated rings. The standard InChI is InChI=1S/C23H25N3O2S/c1-3-17(2)18-9-11-21(12-10-18)29(27,28)26-14-13-22-20(16-26)15-24-23(25-22)19-7-5-4-6-8-19/h4-12,15,17H,3,13-14,16H2,1-2H3/t17-/m0/s1. The van der Waals surface area contributed by atoms with Crippen molar-refractivity contribution in [3.63, 3.8) is 0 Å². The molecule has 0 radical (unpaired) electrons. The summed E-state index contributed by atoms with van der Waals surface area (Å²) in [5.74, 6) is 1.10. The first-order valence-corrected chi connectivity index (χ1v) is 11.4. The summed E-state index contributed by atoms with van der Waals surface area (Å²) in [6.07, 6.45) is 3.38. The summed E-state index contributed by atoms with van der Waals surface area (Å²) in [4.78, 5) is 9.48. The van der Waals surface area contributed by atoms with Gasteiger partial charge in [-0.2, -0.15) is 4.31 Å². The Morgan fingerprint density at radius 3 is 2.48 bits per heavy atom. The fraction of sp³-hybridized carbons (Fsp3) is 0.304. The number of rotatable bonds is 5. The van der Waals surface area contributed by atoms with Gasteiger partial charge in [0.05, 0.1) is 10.6 Å². The maximum atomic E-state index is 13.1. The lowest BCUT2D eigenvalue weighted by Gasteiger charge is -2.27. The van der Waals surface area contributed by atoms with Crippen LogP contribution in [0.1, 0.15) is 43.0 Å². The Kier molecular flexibility index (Phi) is 5.48. The highest BCUT2D eigenvalue weighted by molar-refractivity contribution is 7.89. The number of benzene rings is 2. The smallest absolute Gasteiger partial charge is 0.236 e. The van der Waals surface area contributed by atoms with Crippen molar-refractivity contribution in [1.29, 1.82) is 0 Å². The Balaban J connectivity index is 1.56. The Morgan fingerprint density at radius 1 is 1.07 bits per heavy atom. The fourth-order valence-corrected chi connectivity index (χ4v) is 4.99. The van der Waals surface area contributed by atoms with Gasteiger partial charge >= 0.3 is 0 Å². The van der Waals surface area contributed by atoms with Crippen molar-refractivity contribution in [3.05, 3.63) is 77.6 Å². The maximum absolute atomic E-state index is 13.1. The molecule has 4 rings (SSSR count). The van der Waals surface area contributed by atoms with Crippen LogP contribution in [-0.4, -0.2) is 29.2 Å². The van der Waals surface area contributed by atoms with Crippen molar-refractivity contribution >= 4 is 10.0 Å². The van der Waals surface area contributed by atoms with E-state index in [9.17, 15) is 8.42 Å². The van der Waals surface area contributed by atoms with Crippen LogP contribution < -0.4 is 0 Å². The van der Waals surface area contributed by atoms with Crippen LogP contribution in [0.3, 0.4) is 0 Å². The van der Waals surface area contributed by atoms with Crippen LogP contribution in [0.5, 0.6) is 0 Å². The highest BCUT2D eigenvalue weighted by atomic mass is 32.2. The van der Waals surface area contributed by atoms with Crippen molar-refractivity contribution in [2.24, 2.45) is 0 Å². The Morgan fingerprint density at radius 2 is 1.79 bits per heavy atom. The summed E-state index contributed by atoms with van der Waals surface area (Å²) in [6.45, 7) is 5.01. The van der Waals surface area contributed by atoms with E-state index in [-0.39, 0.29) is 0 Å². The van der Waals surface area contributed by atoms with Crippen LogP contribution in [0.2, 0.25) is 0 Å². The van der Waals surface area contributed by atoms with Crippen molar-refractivity contribution < 1.29 is 8.42 Å². The minimum absolute atomic E-state index is 0.305. The molecule has 0 unspecified atom stereocenters. The van der Waals surface area contributed by atoms with Crippen molar-refractivity contribution in [3.8, 4) is 11.4 Å². The molecule has 29 heavy (non-hydrogen) atoms. The molecule has 1 aliphatic rings. The van der Waals surface area contributed by atoms with E-state index in [1.165, 1.54) is 4.31 Å². The van der Waals surface area contributed by atoms with Gasteiger partial charge in [-0.3, -0.25) is 0 Å². The summed E-state index contributed by atoms with van der Waals surface area (Å²) in [5, 5.41) is 0. The maximum Gasteiger partial charge on any atom is 0.243 e. The van der Waals surface area contributed by atoms with E-state index >= 15 is 0 Å². The van der Waals surface area contributed by atoms with Crippen LogP contribution in [-0.2, 0) is 23.0 Å². The van der Waals surface area contributed by atoms with E-state index in [0.717, 1.165) is 28.8 Å². The molecule has 2 aromatic carbocycles. The molecule has 6 heteroatoms. The average Bonchev–Trinajstić information content (AvgIpc) is 2.78. The fourth-order valence-electron chi connectivity index (χ4n) is 3.57. The van der Waals surface area contributed by atoms with Gasteiger partial charge in [-0.1, -0.05) is 56.3 Å². The van der Waals surface area contributed by atoms with Crippen LogP contribution in [0, 0.1) is 0 Å². The third-order valence-electron chi connectivity index (χ3n) is 5.63. The van der Waals surface area contributed by atoms with Gasteiger partial charge in [-0.15, -0.1) is 0 Å². The highest BCUT2D eigenvalue weighted by Gasteiger charge is 2.29. The monoisotopic (exact) mass is 407 g/mol. The Bertz CT molecular complexity index is 1100. The van der Waals surface area contributed by atoms with Crippen LogP contribution in [0.15, 0.2) is 65.7 Å². The third kappa shape index (κ3) is 3.95. The quantitative estimate of drug-likeness (QED) is 0.629. The number of hydrogen-bond acceptors (Lipinski definition) is 4. The van der Waals surface area contributed by atoms with E-state index in [2.05, 4.69) is 23.8 Å². The molecule has 0 N–H and O–H groups in total. The van der Waals surface area contributed by atoms with Crippen molar-refractivity contribution in [2.45, 2.75) is 44.0 Å². The minimum atomic E-state index is -3.54. The zero-order chi connectivity index (χ0) is 20.4. The van der Waals surface area contributed by atoms with Gasteiger partial charge in [0.25, 0.3) is 0 Å². The lowest BCUT2D eigenvalue weighted by Crippen LogP contribution is -2.36.